The third-order valence-corrected chi connectivity index (χ3v) is 6.40. The summed E-state index contributed by atoms with van der Waals surface area (Å²) in [6.45, 7) is 0. The Kier molecular flexibility index (Phi) is 5.87. The van der Waals surface area contributed by atoms with Gasteiger partial charge in [-0.3, -0.25) is 4.79 Å². The van der Waals surface area contributed by atoms with Crippen molar-refractivity contribution in [1.82, 2.24) is 0 Å². The highest BCUT2D eigenvalue weighted by Gasteiger charge is 2.22. The fourth-order valence-corrected chi connectivity index (χ4v) is 4.70. The lowest BCUT2D eigenvalue weighted by Gasteiger charge is -2.07. The number of amides is 1. The molecule has 0 saturated carbocycles. The molecule has 0 fully saturated rings. The fourth-order valence-electron chi connectivity index (χ4n) is 2.67. The molecule has 8 nitrogen and oxygen atoms in total. The molecule has 3 aromatic rings. The van der Waals surface area contributed by atoms with Gasteiger partial charge in [-0.15, -0.1) is 0 Å². The zero-order valence-corrected chi connectivity index (χ0v) is 16.7. The van der Waals surface area contributed by atoms with Crippen molar-refractivity contribution in [3.8, 4) is 0 Å². The summed E-state index contributed by atoms with van der Waals surface area (Å²) in [6, 6.07) is 15.4. The molecule has 0 bridgehead atoms. The van der Waals surface area contributed by atoms with Crippen molar-refractivity contribution in [3.63, 3.8) is 0 Å². The average Bonchev–Trinajstić information content (AvgIpc) is 3.10. The number of carbonyl (C=O) groups is 1. The number of hydrogen-bond donors (Lipinski definition) is 2. The highest BCUT2D eigenvalue weighted by Crippen LogP contribution is 2.21. The summed E-state index contributed by atoms with van der Waals surface area (Å²) in [5, 5.41) is 7.59. The van der Waals surface area contributed by atoms with Crippen LogP contribution < -0.4 is 10.5 Å². The molecule has 29 heavy (non-hydrogen) atoms. The topological polar surface area (TPSA) is 137 Å². The van der Waals surface area contributed by atoms with Crippen LogP contribution in [0.3, 0.4) is 0 Å². The SMILES string of the molecule is NS(=O)(=O)Cc1ccc(NC(=O)c2occc2CS(=O)(=O)c2ccccc2)cc1. The number of hydrogen-bond acceptors (Lipinski definition) is 6. The average molecular weight is 434 g/mol. The zero-order chi connectivity index (χ0) is 21.1. The van der Waals surface area contributed by atoms with E-state index in [0.29, 0.717) is 11.3 Å². The summed E-state index contributed by atoms with van der Waals surface area (Å²) in [7, 11) is -7.30. The minimum Gasteiger partial charge on any atom is -0.459 e. The quantitative estimate of drug-likeness (QED) is 0.585. The maximum Gasteiger partial charge on any atom is 0.291 e. The molecule has 0 atom stereocenters. The maximum absolute atomic E-state index is 12.6. The second-order valence-electron chi connectivity index (χ2n) is 6.31. The predicted molar refractivity (Wildman–Crippen MR) is 107 cm³/mol. The lowest BCUT2D eigenvalue weighted by Crippen LogP contribution is -2.15. The van der Waals surface area contributed by atoms with Gasteiger partial charge >= 0.3 is 0 Å². The van der Waals surface area contributed by atoms with Crippen LogP contribution in [0.2, 0.25) is 0 Å². The van der Waals surface area contributed by atoms with Crippen LogP contribution >= 0.6 is 0 Å². The van der Waals surface area contributed by atoms with Gasteiger partial charge in [0, 0.05) is 11.3 Å². The molecule has 0 unspecified atom stereocenters. The van der Waals surface area contributed by atoms with Gasteiger partial charge in [-0.05, 0) is 35.9 Å². The summed E-state index contributed by atoms with van der Waals surface area (Å²) in [6.07, 6.45) is 1.25. The van der Waals surface area contributed by atoms with E-state index < -0.39 is 25.8 Å². The normalized spacial score (nSPS) is 11.9. The van der Waals surface area contributed by atoms with Gasteiger partial charge in [0.2, 0.25) is 10.0 Å². The third kappa shape index (κ3) is 5.53. The molecule has 10 heteroatoms. The van der Waals surface area contributed by atoms with Crippen molar-refractivity contribution < 1.29 is 26.0 Å². The molecule has 0 aliphatic heterocycles. The minimum atomic E-state index is -3.65. The Morgan fingerprint density at radius 1 is 0.897 bits per heavy atom. The van der Waals surface area contributed by atoms with Gasteiger partial charge in [0.05, 0.1) is 22.7 Å². The smallest absolute Gasteiger partial charge is 0.291 e. The first-order valence-corrected chi connectivity index (χ1v) is 11.8. The minimum absolute atomic E-state index is 0.113. The summed E-state index contributed by atoms with van der Waals surface area (Å²) < 4.78 is 52.5. The second-order valence-corrected chi connectivity index (χ2v) is 9.91. The van der Waals surface area contributed by atoms with Gasteiger partial charge in [-0.2, -0.15) is 0 Å². The number of primary sulfonamides is 1. The highest BCUT2D eigenvalue weighted by molar-refractivity contribution is 7.90. The third-order valence-electron chi connectivity index (χ3n) is 3.98. The van der Waals surface area contributed by atoms with E-state index in [4.69, 9.17) is 9.56 Å². The van der Waals surface area contributed by atoms with E-state index >= 15 is 0 Å². The highest BCUT2D eigenvalue weighted by atomic mass is 32.2. The van der Waals surface area contributed by atoms with Crippen LogP contribution in [0.1, 0.15) is 21.7 Å². The van der Waals surface area contributed by atoms with Gasteiger partial charge in [0.25, 0.3) is 5.91 Å². The molecule has 0 saturated heterocycles. The summed E-state index contributed by atoms with van der Waals surface area (Å²) in [5.74, 6) is -1.43. The summed E-state index contributed by atoms with van der Waals surface area (Å²) in [5.41, 5.74) is 1.09. The Balaban J connectivity index is 1.74. The first-order chi connectivity index (χ1) is 13.6. The Bertz CT molecular complexity index is 1220. The number of nitrogens with two attached hydrogens (primary N) is 1. The van der Waals surface area contributed by atoms with Crippen LogP contribution in [0.25, 0.3) is 0 Å². The number of rotatable bonds is 7. The molecular weight excluding hydrogens is 416 g/mol. The number of nitrogens with one attached hydrogen (secondary N) is 1. The molecule has 0 aliphatic rings. The van der Waals surface area contributed by atoms with Gasteiger partial charge in [-0.1, -0.05) is 30.3 Å². The number of carbonyl (C=O) groups excluding carboxylic acids is 1. The molecule has 1 amide bonds. The van der Waals surface area contributed by atoms with E-state index in [1.165, 1.54) is 48.7 Å². The van der Waals surface area contributed by atoms with Crippen molar-refractivity contribution in [1.29, 1.82) is 0 Å². The first kappa shape index (κ1) is 20.8. The molecule has 0 radical (unpaired) electrons. The largest absolute Gasteiger partial charge is 0.459 e. The molecule has 152 valence electrons. The van der Waals surface area contributed by atoms with Crippen LogP contribution in [-0.4, -0.2) is 22.7 Å². The Morgan fingerprint density at radius 2 is 1.55 bits per heavy atom. The number of anilines is 1. The Labute approximate surface area is 168 Å². The van der Waals surface area contributed by atoms with E-state index in [1.807, 2.05) is 0 Å². The van der Waals surface area contributed by atoms with Crippen LogP contribution in [0.4, 0.5) is 5.69 Å². The van der Waals surface area contributed by atoms with Gasteiger partial charge < -0.3 is 9.73 Å². The summed E-state index contributed by atoms with van der Waals surface area (Å²) >= 11 is 0. The van der Waals surface area contributed by atoms with E-state index in [0.717, 1.165) is 0 Å². The van der Waals surface area contributed by atoms with Crippen molar-refractivity contribution in [2.45, 2.75) is 16.4 Å². The number of sulfone groups is 1. The van der Waals surface area contributed by atoms with Crippen molar-refractivity contribution >= 4 is 31.5 Å². The summed E-state index contributed by atoms with van der Waals surface area (Å²) in [4.78, 5) is 12.7. The van der Waals surface area contributed by atoms with Crippen molar-refractivity contribution in [3.05, 3.63) is 83.8 Å². The van der Waals surface area contributed by atoms with E-state index in [9.17, 15) is 21.6 Å². The Morgan fingerprint density at radius 3 is 2.17 bits per heavy atom. The maximum atomic E-state index is 12.6. The van der Waals surface area contributed by atoms with E-state index in [1.54, 1.807) is 18.2 Å². The monoisotopic (exact) mass is 434 g/mol. The molecule has 1 aromatic heterocycles. The zero-order valence-electron chi connectivity index (χ0n) is 15.1. The van der Waals surface area contributed by atoms with Gasteiger partial charge in [-0.25, -0.2) is 22.0 Å². The lowest BCUT2D eigenvalue weighted by molar-refractivity contribution is 0.0995. The molecule has 1 heterocycles. The molecule has 3 rings (SSSR count). The van der Waals surface area contributed by atoms with Gasteiger partial charge in [0.1, 0.15) is 0 Å². The predicted octanol–water partition coefficient (Wildman–Crippen LogP) is 2.29. The van der Waals surface area contributed by atoms with Crippen LogP contribution in [0, 0.1) is 0 Å². The van der Waals surface area contributed by atoms with Crippen LogP contribution in [0.15, 0.2) is 76.2 Å². The van der Waals surface area contributed by atoms with Crippen molar-refractivity contribution in [2.75, 3.05) is 5.32 Å². The Hall–Kier alpha value is -2.95. The van der Waals surface area contributed by atoms with Gasteiger partial charge in [0.15, 0.2) is 15.6 Å². The number of benzene rings is 2. The molecular formula is C19H18N2O6S2. The number of furan rings is 1. The first-order valence-electron chi connectivity index (χ1n) is 8.39. The standard InChI is InChI=1S/C19H18N2O6S2/c20-29(25,26)12-14-6-8-16(9-7-14)21-19(22)18-15(10-11-27-18)13-28(23,24)17-4-2-1-3-5-17/h1-11H,12-13H2,(H,21,22)(H2,20,25,26). The lowest BCUT2D eigenvalue weighted by atomic mass is 10.2. The van der Waals surface area contributed by atoms with Crippen LogP contribution in [-0.2, 0) is 31.4 Å². The molecule has 2 aromatic carbocycles. The van der Waals surface area contributed by atoms with Crippen LogP contribution in [0.5, 0.6) is 0 Å². The molecule has 0 aliphatic carbocycles. The van der Waals surface area contributed by atoms with E-state index in [2.05, 4.69) is 5.32 Å². The van der Waals surface area contributed by atoms with Crippen molar-refractivity contribution in [2.24, 2.45) is 5.14 Å². The molecule has 0 spiro atoms. The fraction of sp³-hybridized carbons (Fsp3) is 0.105. The van der Waals surface area contributed by atoms with E-state index in [-0.39, 0.29) is 27.7 Å². The number of sulfonamides is 1. The second kappa shape index (κ2) is 8.19. The molecule has 3 N–H and O–H groups in total.